The lowest BCUT2D eigenvalue weighted by Gasteiger charge is -2.17. The van der Waals surface area contributed by atoms with Crippen LogP contribution in [0.4, 0.5) is 0 Å². The Bertz CT molecular complexity index is 164. The molecule has 0 spiro atoms. The fraction of sp³-hybridized carbons (Fsp3) is 0.900. The highest BCUT2D eigenvalue weighted by molar-refractivity contribution is 5.81. The van der Waals surface area contributed by atoms with Crippen LogP contribution < -0.4 is 11.1 Å². The quantitative estimate of drug-likeness (QED) is 0.617. The molecular weight excluding hydrogens is 180 g/mol. The fourth-order valence-corrected chi connectivity index (χ4v) is 0.827. The molecule has 4 nitrogen and oxygen atoms in total. The molecule has 0 atom stereocenters. The van der Waals surface area contributed by atoms with E-state index in [1.54, 1.807) is 0 Å². The van der Waals surface area contributed by atoms with E-state index in [4.69, 9.17) is 10.5 Å². The lowest BCUT2D eigenvalue weighted by Crippen LogP contribution is -2.35. The molecule has 0 aromatic heterocycles. The lowest BCUT2D eigenvalue weighted by molar-refractivity contribution is -0.128. The summed E-state index contributed by atoms with van der Waals surface area (Å²) >= 11 is 0. The van der Waals surface area contributed by atoms with Crippen LogP contribution in [0.2, 0.25) is 0 Å². The summed E-state index contributed by atoms with van der Waals surface area (Å²) in [6, 6.07) is 0. The third-order valence-electron chi connectivity index (χ3n) is 1.69. The second-order valence-electron chi connectivity index (χ2n) is 4.26. The van der Waals surface area contributed by atoms with Crippen molar-refractivity contribution in [1.82, 2.24) is 5.32 Å². The molecule has 14 heavy (non-hydrogen) atoms. The van der Waals surface area contributed by atoms with Gasteiger partial charge >= 0.3 is 0 Å². The first-order valence-corrected chi connectivity index (χ1v) is 5.04. The van der Waals surface area contributed by atoms with Crippen LogP contribution in [0, 0.1) is 5.41 Å². The highest BCUT2D eigenvalue weighted by Gasteiger charge is 2.19. The minimum atomic E-state index is -0.307. The summed E-state index contributed by atoms with van der Waals surface area (Å²) in [6.07, 6.45) is 0.835. The molecule has 0 aliphatic heterocycles. The number of amides is 1. The molecule has 84 valence electrons. The van der Waals surface area contributed by atoms with Gasteiger partial charge in [-0.15, -0.1) is 0 Å². The van der Waals surface area contributed by atoms with Crippen LogP contribution in [0.5, 0.6) is 0 Å². The van der Waals surface area contributed by atoms with Gasteiger partial charge in [0.15, 0.2) is 0 Å². The third kappa shape index (κ3) is 6.86. The zero-order chi connectivity index (χ0) is 11.0. The Balaban J connectivity index is 3.33. The van der Waals surface area contributed by atoms with Gasteiger partial charge in [0.2, 0.25) is 5.91 Å². The van der Waals surface area contributed by atoms with Gasteiger partial charge in [0.1, 0.15) is 0 Å². The van der Waals surface area contributed by atoms with Crippen molar-refractivity contribution in [2.24, 2.45) is 11.1 Å². The molecule has 0 rings (SSSR count). The van der Waals surface area contributed by atoms with Crippen molar-refractivity contribution in [1.29, 1.82) is 0 Å². The molecule has 3 N–H and O–H groups in total. The number of hydrogen-bond donors (Lipinski definition) is 2. The lowest BCUT2D eigenvalue weighted by atomic mass is 9.96. The van der Waals surface area contributed by atoms with Crippen molar-refractivity contribution in [3.8, 4) is 0 Å². The molecule has 0 bridgehead atoms. The second kappa shape index (κ2) is 6.79. The van der Waals surface area contributed by atoms with E-state index in [-0.39, 0.29) is 11.3 Å². The molecule has 0 radical (unpaired) electrons. The number of ether oxygens (including phenoxy) is 1. The average Bonchev–Trinajstić information content (AvgIpc) is 2.09. The number of hydrogen-bond acceptors (Lipinski definition) is 3. The first-order chi connectivity index (χ1) is 6.48. The van der Waals surface area contributed by atoms with Gasteiger partial charge in [0, 0.05) is 25.1 Å². The summed E-state index contributed by atoms with van der Waals surface area (Å²) in [5.74, 6) is 0.0799. The molecule has 0 fully saturated rings. The maximum Gasteiger partial charge on any atom is 0.225 e. The number of rotatable bonds is 6. The van der Waals surface area contributed by atoms with Crippen LogP contribution in [-0.4, -0.2) is 32.2 Å². The topological polar surface area (TPSA) is 64.3 Å². The highest BCUT2D eigenvalue weighted by atomic mass is 16.5. The van der Waals surface area contributed by atoms with E-state index in [2.05, 4.69) is 5.32 Å². The maximum absolute atomic E-state index is 11.4. The van der Waals surface area contributed by atoms with Crippen LogP contribution >= 0.6 is 0 Å². The van der Waals surface area contributed by atoms with E-state index in [0.29, 0.717) is 26.3 Å². The van der Waals surface area contributed by atoms with Crippen LogP contribution in [0.25, 0.3) is 0 Å². The SMILES string of the molecule is CC(C)(C)C(=O)NCCCOCCN. The predicted octanol–water partition coefficient (Wildman–Crippen LogP) is 0.514. The van der Waals surface area contributed by atoms with Crippen molar-refractivity contribution < 1.29 is 9.53 Å². The Kier molecular flexibility index (Phi) is 6.49. The Morgan fingerprint density at radius 3 is 2.50 bits per heavy atom. The Morgan fingerprint density at radius 2 is 2.00 bits per heavy atom. The standard InChI is InChI=1S/C10H22N2O2/c1-10(2,3)9(13)12-6-4-7-14-8-5-11/h4-8,11H2,1-3H3,(H,12,13). The minimum absolute atomic E-state index is 0.0799. The van der Waals surface area contributed by atoms with E-state index in [9.17, 15) is 4.79 Å². The van der Waals surface area contributed by atoms with Gasteiger partial charge in [0.05, 0.1) is 6.61 Å². The first-order valence-electron chi connectivity index (χ1n) is 5.04. The molecule has 0 saturated carbocycles. The smallest absolute Gasteiger partial charge is 0.225 e. The van der Waals surface area contributed by atoms with E-state index in [1.165, 1.54) is 0 Å². The van der Waals surface area contributed by atoms with Gasteiger partial charge in [-0.05, 0) is 6.42 Å². The fourth-order valence-electron chi connectivity index (χ4n) is 0.827. The number of carbonyl (C=O) groups excluding carboxylic acids is 1. The number of nitrogens with two attached hydrogens (primary N) is 1. The van der Waals surface area contributed by atoms with Crippen LogP contribution in [-0.2, 0) is 9.53 Å². The Labute approximate surface area is 86.2 Å². The molecule has 0 saturated heterocycles. The summed E-state index contributed by atoms with van der Waals surface area (Å²) in [5.41, 5.74) is 4.95. The maximum atomic E-state index is 11.4. The van der Waals surface area contributed by atoms with Gasteiger partial charge in [-0.2, -0.15) is 0 Å². The third-order valence-corrected chi connectivity index (χ3v) is 1.69. The van der Waals surface area contributed by atoms with Gasteiger partial charge in [0.25, 0.3) is 0 Å². The van der Waals surface area contributed by atoms with Crippen molar-refractivity contribution in [2.75, 3.05) is 26.3 Å². The molecule has 0 aromatic carbocycles. The van der Waals surface area contributed by atoms with Crippen molar-refractivity contribution >= 4 is 5.91 Å². The van der Waals surface area contributed by atoms with E-state index in [1.807, 2.05) is 20.8 Å². The molecule has 0 aliphatic carbocycles. The van der Waals surface area contributed by atoms with Gasteiger partial charge in [-0.3, -0.25) is 4.79 Å². The highest BCUT2D eigenvalue weighted by Crippen LogP contribution is 2.11. The summed E-state index contributed by atoms with van der Waals surface area (Å²) in [7, 11) is 0. The van der Waals surface area contributed by atoms with Gasteiger partial charge in [-0.25, -0.2) is 0 Å². The molecule has 0 unspecified atom stereocenters. The van der Waals surface area contributed by atoms with Crippen molar-refractivity contribution in [3.05, 3.63) is 0 Å². The molecule has 4 heteroatoms. The van der Waals surface area contributed by atoms with Gasteiger partial charge < -0.3 is 15.8 Å². The van der Waals surface area contributed by atoms with E-state index in [0.717, 1.165) is 6.42 Å². The minimum Gasteiger partial charge on any atom is -0.380 e. The molecule has 0 heterocycles. The normalized spacial score (nSPS) is 11.4. The van der Waals surface area contributed by atoms with Gasteiger partial charge in [-0.1, -0.05) is 20.8 Å². The van der Waals surface area contributed by atoms with Crippen molar-refractivity contribution in [2.45, 2.75) is 27.2 Å². The monoisotopic (exact) mass is 202 g/mol. The molecule has 0 aliphatic rings. The average molecular weight is 202 g/mol. The number of nitrogens with one attached hydrogen (secondary N) is 1. The number of carbonyl (C=O) groups is 1. The summed E-state index contributed by atoms with van der Waals surface area (Å²) in [4.78, 5) is 11.4. The zero-order valence-corrected chi connectivity index (χ0v) is 9.43. The molecule has 0 aromatic rings. The summed E-state index contributed by atoms with van der Waals surface area (Å²) < 4.78 is 5.17. The van der Waals surface area contributed by atoms with E-state index < -0.39 is 0 Å². The largest absolute Gasteiger partial charge is 0.380 e. The Morgan fingerprint density at radius 1 is 1.36 bits per heavy atom. The summed E-state index contributed by atoms with van der Waals surface area (Å²) in [5, 5.41) is 2.85. The van der Waals surface area contributed by atoms with E-state index >= 15 is 0 Å². The van der Waals surface area contributed by atoms with Crippen molar-refractivity contribution in [3.63, 3.8) is 0 Å². The van der Waals surface area contributed by atoms with Crippen LogP contribution in [0.3, 0.4) is 0 Å². The van der Waals surface area contributed by atoms with Crippen LogP contribution in [0.15, 0.2) is 0 Å². The second-order valence-corrected chi connectivity index (χ2v) is 4.26. The Hall–Kier alpha value is -0.610. The first kappa shape index (κ1) is 13.4. The predicted molar refractivity (Wildman–Crippen MR) is 57.0 cm³/mol. The molecular formula is C10H22N2O2. The van der Waals surface area contributed by atoms with Crippen LogP contribution in [0.1, 0.15) is 27.2 Å². The molecule has 1 amide bonds. The summed E-state index contributed by atoms with van der Waals surface area (Å²) in [6.45, 7) is 8.15. The zero-order valence-electron chi connectivity index (χ0n) is 9.43.